The molecule has 178 valence electrons. The summed E-state index contributed by atoms with van der Waals surface area (Å²) in [5.41, 5.74) is 3.24. The van der Waals surface area contributed by atoms with E-state index >= 15 is 0 Å². The first-order chi connectivity index (χ1) is 17.1. The smallest absolute Gasteiger partial charge is 0.0991 e. The van der Waals surface area contributed by atoms with Crippen molar-refractivity contribution in [2.24, 2.45) is 11.8 Å². The van der Waals surface area contributed by atoms with Crippen LogP contribution in [0.25, 0.3) is 12.2 Å². The number of anilines is 1. The highest BCUT2D eigenvalue weighted by atomic mass is 35.5. The van der Waals surface area contributed by atoms with E-state index in [4.69, 9.17) is 16.9 Å². The number of fused-ring (bicyclic) bond motifs is 1. The third-order valence-electron chi connectivity index (χ3n) is 6.45. The molecule has 1 saturated heterocycles. The van der Waals surface area contributed by atoms with E-state index in [1.54, 1.807) is 0 Å². The first-order valence-electron chi connectivity index (χ1n) is 12.2. The Morgan fingerprint density at radius 3 is 2.46 bits per heavy atom. The van der Waals surface area contributed by atoms with E-state index in [2.05, 4.69) is 77.8 Å². The number of aryl methyl sites for hydroxylation is 1. The lowest BCUT2D eigenvalue weighted by molar-refractivity contribution is 0.551. The highest BCUT2D eigenvalue weighted by molar-refractivity contribution is 6.30. The Bertz CT molecular complexity index is 1280. The fraction of sp³-hybridized carbons (Fsp3) is 0.258. The lowest BCUT2D eigenvalue weighted by Crippen LogP contribution is -2.35. The summed E-state index contributed by atoms with van der Waals surface area (Å²) in [6, 6.07) is 26.6. The van der Waals surface area contributed by atoms with Crippen molar-refractivity contribution < 1.29 is 0 Å². The Morgan fingerprint density at radius 1 is 1.00 bits per heavy atom. The number of allylic oxidation sites excluding steroid dienone is 1. The van der Waals surface area contributed by atoms with Gasteiger partial charge < -0.3 is 10.2 Å². The van der Waals surface area contributed by atoms with E-state index in [1.165, 1.54) is 22.9 Å². The maximum absolute atomic E-state index is 9.15. The third kappa shape index (κ3) is 7.33. The number of hydrogen-bond donors (Lipinski definition) is 1. The molecule has 2 unspecified atom stereocenters. The molecule has 0 radical (unpaired) electrons. The highest BCUT2D eigenvalue weighted by Crippen LogP contribution is 2.23. The van der Waals surface area contributed by atoms with Gasteiger partial charge in [-0.15, -0.1) is 0 Å². The van der Waals surface area contributed by atoms with Crippen molar-refractivity contribution in [2.45, 2.75) is 13.3 Å². The molecule has 0 bridgehead atoms. The molecule has 3 aromatic rings. The Morgan fingerprint density at radius 2 is 1.80 bits per heavy atom. The van der Waals surface area contributed by atoms with Gasteiger partial charge in [0.1, 0.15) is 0 Å². The minimum atomic E-state index is 0.301. The van der Waals surface area contributed by atoms with Crippen LogP contribution in [0.2, 0.25) is 5.02 Å². The molecule has 35 heavy (non-hydrogen) atoms. The van der Waals surface area contributed by atoms with Gasteiger partial charge in [0.2, 0.25) is 0 Å². The molecule has 0 aromatic heterocycles. The topological polar surface area (TPSA) is 39.1 Å². The van der Waals surface area contributed by atoms with E-state index in [-0.39, 0.29) is 0 Å². The van der Waals surface area contributed by atoms with Crippen molar-refractivity contribution in [3.8, 4) is 6.07 Å². The van der Waals surface area contributed by atoms with Gasteiger partial charge in [-0.2, -0.15) is 5.26 Å². The normalized spacial score (nSPS) is 18.1. The number of nitrogens with one attached hydrogen (secondary N) is 1. The van der Waals surface area contributed by atoms with E-state index in [0.29, 0.717) is 17.4 Å². The molecule has 0 spiro atoms. The number of hydrogen-bond acceptors (Lipinski definition) is 3. The summed E-state index contributed by atoms with van der Waals surface area (Å²) in [5.74, 6) is 0.970. The van der Waals surface area contributed by atoms with Gasteiger partial charge >= 0.3 is 0 Å². The minimum Gasteiger partial charge on any atom is -0.370 e. The number of nitriles is 1. The summed E-state index contributed by atoms with van der Waals surface area (Å²) in [5, 5.41) is 15.7. The second-order valence-corrected chi connectivity index (χ2v) is 9.67. The summed E-state index contributed by atoms with van der Waals surface area (Å²) in [6.45, 7) is 6.23. The average molecular weight is 482 g/mol. The molecular formula is C31H32ClN3. The van der Waals surface area contributed by atoms with E-state index in [9.17, 15) is 0 Å². The maximum atomic E-state index is 9.15. The van der Waals surface area contributed by atoms with Crippen LogP contribution in [0.4, 0.5) is 5.69 Å². The highest BCUT2D eigenvalue weighted by Gasteiger charge is 2.20. The quantitative estimate of drug-likeness (QED) is 0.553. The second-order valence-electron chi connectivity index (χ2n) is 9.23. The first-order valence-corrected chi connectivity index (χ1v) is 12.6. The summed E-state index contributed by atoms with van der Waals surface area (Å²) in [4.78, 5) is 2.48. The molecule has 1 fully saturated rings. The molecule has 4 heteroatoms. The SMILES string of the molecule is Cc1ccccc1.N#Cc1ccc2c(c1)=CC=CC(CN(CC1CCNC1)c1ccc(Cl)cc1)C=2. The van der Waals surface area contributed by atoms with Gasteiger partial charge in [-0.25, -0.2) is 0 Å². The first kappa shape index (κ1) is 24.8. The number of benzene rings is 3. The zero-order chi connectivity index (χ0) is 24.5. The Labute approximate surface area is 213 Å². The van der Waals surface area contributed by atoms with Gasteiger partial charge in [-0.3, -0.25) is 0 Å². The molecule has 1 aliphatic carbocycles. The monoisotopic (exact) mass is 481 g/mol. The van der Waals surface area contributed by atoms with Crippen molar-refractivity contribution in [1.82, 2.24) is 5.32 Å². The zero-order valence-corrected chi connectivity index (χ0v) is 21.0. The van der Waals surface area contributed by atoms with Crippen LogP contribution in [-0.4, -0.2) is 26.2 Å². The summed E-state index contributed by atoms with van der Waals surface area (Å²) < 4.78 is 0. The average Bonchev–Trinajstić information content (AvgIpc) is 3.30. The van der Waals surface area contributed by atoms with Crippen LogP contribution >= 0.6 is 11.6 Å². The van der Waals surface area contributed by atoms with E-state index in [0.717, 1.165) is 36.4 Å². The van der Waals surface area contributed by atoms with Crippen LogP contribution < -0.4 is 20.7 Å². The molecule has 1 aliphatic heterocycles. The van der Waals surface area contributed by atoms with Gasteiger partial charge in [-0.1, -0.05) is 77.9 Å². The standard InChI is InChI=1S/C24H24ClN3.C7H8/c25-23-6-8-24(9-7-23)28(17-20-10-11-27-15-20)16-19-2-1-3-21-12-18(14-26)4-5-22(21)13-19;1-7-5-3-2-4-6-7/h1-9,12-13,19-20,27H,10-11,15-17H2;2-6H,1H3. The van der Waals surface area contributed by atoms with Crippen molar-refractivity contribution >= 4 is 29.4 Å². The van der Waals surface area contributed by atoms with Gasteiger partial charge in [0.25, 0.3) is 0 Å². The number of halogens is 1. The van der Waals surface area contributed by atoms with Crippen LogP contribution in [0.15, 0.2) is 84.9 Å². The Kier molecular flexibility index (Phi) is 8.79. The zero-order valence-electron chi connectivity index (χ0n) is 20.2. The van der Waals surface area contributed by atoms with Crippen LogP contribution in [0, 0.1) is 30.1 Å². The molecule has 1 N–H and O–H groups in total. The van der Waals surface area contributed by atoms with E-state index < -0.39 is 0 Å². The molecule has 0 amide bonds. The maximum Gasteiger partial charge on any atom is 0.0991 e. The molecule has 3 nitrogen and oxygen atoms in total. The predicted octanol–water partition coefficient (Wildman–Crippen LogP) is 5.07. The summed E-state index contributed by atoms with van der Waals surface area (Å²) in [6.07, 6.45) is 10.0. The fourth-order valence-electron chi connectivity index (χ4n) is 4.55. The molecule has 2 aliphatic rings. The van der Waals surface area contributed by atoms with Crippen molar-refractivity contribution in [2.75, 3.05) is 31.1 Å². The van der Waals surface area contributed by atoms with Gasteiger partial charge in [-0.05, 0) is 79.2 Å². The third-order valence-corrected chi connectivity index (χ3v) is 6.70. The largest absolute Gasteiger partial charge is 0.370 e. The molecule has 0 saturated carbocycles. The van der Waals surface area contributed by atoms with Crippen molar-refractivity contribution in [3.63, 3.8) is 0 Å². The number of rotatable bonds is 5. The molecule has 2 atom stereocenters. The molecule has 1 heterocycles. The van der Waals surface area contributed by atoms with Gasteiger partial charge in [0.05, 0.1) is 11.6 Å². The summed E-state index contributed by atoms with van der Waals surface area (Å²) >= 11 is 6.11. The summed E-state index contributed by atoms with van der Waals surface area (Å²) in [7, 11) is 0. The van der Waals surface area contributed by atoms with E-state index in [1.807, 2.05) is 42.5 Å². The molecular weight excluding hydrogens is 450 g/mol. The number of nitrogens with zero attached hydrogens (tertiary/aromatic N) is 2. The molecule has 3 aromatic carbocycles. The van der Waals surface area contributed by atoms with Gasteiger partial charge in [0, 0.05) is 29.7 Å². The molecule has 5 rings (SSSR count). The predicted molar refractivity (Wildman–Crippen MR) is 148 cm³/mol. The van der Waals surface area contributed by atoms with Crippen LogP contribution in [0.1, 0.15) is 17.5 Å². The minimum absolute atomic E-state index is 0.301. The Balaban J connectivity index is 0.000000356. The van der Waals surface area contributed by atoms with Crippen molar-refractivity contribution in [3.05, 3.63) is 112 Å². The van der Waals surface area contributed by atoms with Crippen LogP contribution in [0.5, 0.6) is 0 Å². The second kappa shape index (κ2) is 12.4. The van der Waals surface area contributed by atoms with Crippen LogP contribution in [0.3, 0.4) is 0 Å². The lowest BCUT2D eigenvalue weighted by Gasteiger charge is -2.30. The fourth-order valence-corrected chi connectivity index (χ4v) is 4.68. The lowest BCUT2D eigenvalue weighted by atomic mass is 10.0. The van der Waals surface area contributed by atoms with Crippen LogP contribution in [-0.2, 0) is 0 Å². The van der Waals surface area contributed by atoms with Crippen molar-refractivity contribution in [1.29, 1.82) is 5.26 Å². The Hall–Kier alpha value is -3.32. The van der Waals surface area contributed by atoms with Gasteiger partial charge in [0.15, 0.2) is 0 Å².